The highest BCUT2D eigenvalue weighted by Gasteiger charge is 2.08. The number of guanidine groups is 1. The molecule has 0 saturated carbocycles. The lowest BCUT2D eigenvalue weighted by molar-refractivity contribution is 0.0972. The van der Waals surface area contributed by atoms with E-state index < -0.39 is 5.91 Å². The first-order valence-corrected chi connectivity index (χ1v) is 7.70. The molecule has 0 spiro atoms. The normalized spacial score (nSPS) is 15.3. The van der Waals surface area contributed by atoms with Crippen molar-refractivity contribution in [2.75, 3.05) is 13.6 Å². The average molecular weight is 304 g/mol. The Morgan fingerprint density at radius 3 is 2.86 bits per heavy atom. The average Bonchev–Trinajstić information content (AvgIpc) is 3.01. The smallest absolute Gasteiger partial charge is 0.284 e. The Kier molecular flexibility index (Phi) is 6.06. The van der Waals surface area contributed by atoms with Gasteiger partial charge in [-0.25, -0.2) is 0 Å². The molecule has 0 bridgehead atoms. The van der Waals surface area contributed by atoms with Crippen LogP contribution in [0.5, 0.6) is 0 Å². The van der Waals surface area contributed by atoms with Crippen LogP contribution in [0.4, 0.5) is 0 Å². The van der Waals surface area contributed by atoms with Crippen molar-refractivity contribution in [1.29, 1.82) is 0 Å². The molecule has 1 aliphatic carbocycles. The molecule has 22 heavy (non-hydrogen) atoms. The largest absolute Gasteiger partial charge is 0.454 e. The topological polar surface area (TPSA) is 92.6 Å². The maximum absolute atomic E-state index is 11.0. The first-order valence-electron chi connectivity index (χ1n) is 7.70. The summed E-state index contributed by atoms with van der Waals surface area (Å²) in [6, 6.07) is 3.30. The molecule has 1 aliphatic rings. The number of allylic oxidation sites excluding steroid dienone is 1. The number of hydrogen-bond donors (Lipinski definition) is 3. The van der Waals surface area contributed by atoms with Crippen molar-refractivity contribution in [1.82, 2.24) is 10.6 Å². The van der Waals surface area contributed by atoms with E-state index in [2.05, 4.69) is 21.7 Å². The first kappa shape index (κ1) is 16.1. The molecule has 0 saturated heterocycles. The van der Waals surface area contributed by atoms with Crippen LogP contribution in [0, 0.1) is 0 Å². The van der Waals surface area contributed by atoms with Gasteiger partial charge in [-0.2, -0.15) is 0 Å². The number of hydrogen-bond acceptors (Lipinski definition) is 3. The van der Waals surface area contributed by atoms with E-state index in [1.807, 2.05) is 0 Å². The zero-order valence-electron chi connectivity index (χ0n) is 13.0. The third kappa shape index (κ3) is 4.95. The number of furan rings is 1. The predicted molar refractivity (Wildman–Crippen MR) is 86.6 cm³/mol. The predicted octanol–water partition coefficient (Wildman–Crippen LogP) is 1.93. The van der Waals surface area contributed by atoms with E-state index in [0.29, 0.717) is 18.3 Å². The van der Waals surface area contributed by atoms with Gasteiger partial charge in [0.25, 0.3) is 5.91 Å². The Morgan fingerprint density at radius 2 is 2.23 bits per heavy atom. The monoisotopic (exact) mass is 304 g/mol. The van der Waals surface area contributed by atoms with Crippen LogP contribution in [0.25, 0.3) is 0 Å². The number of carbonyl (C=O) groups excluding carboxylic acids is 1. The van der Waals surface area contributed by atoms with E-state index in [-0.39, 0.29) is 5.76 Å². The lowest BCUT2D eigenvalue weighted by Gasteiger charge is -2.14. The van der Waals surface area contributed by atoms with Crippen LogP contribution in [-0.4, -0.2) is 25.5 Å². The van der Waals surface area contributed by atoms with Gasteiger partial charge in [0, 0.05) is 13.6 Å². The third-order valence-electron chi connectivity index (χ3n) is 3.68. The Morgan fingerprint density at radius 1 is 1.36 bits per heavy atom. The summed E-state index contributed by atoms with van der Waals surface area (Å²) in [5.41, 5.74) is 6.68. The minimum atomic E-state index is -0.561. The van der Waals surface area contributed by atoms with Crippen LogP contribution >= 0.6 is 0 Å². The number of carbonyl (C=O) groups is 1. The van der Waals surface area contributed by atoms with Gasteiger partial charge >= 0.3 is 0 Å². The fraction of sp³-hybridized carbons (Fsp3) is 0.500. The minimum Gasteiger partial charge on any atom is -0.454 e. The standard InChI is InChI=1S/C16H24N4O2/c1-18-16(19-10-9-12-5-3-2-4-6-12)20-11-13-7-8-14(22-13)15(17)21/h5,7-8H,2-4,6,9-11H2,1H3,(H2,17,21)(H2,18,19,20). The molecule has 0 unspecified atom stereocenters. The quantitative estimate of drug-likeness (QED) is 0.425. The molecule has 0 radical (unpaired) electrons. The number of nitrogens with zero attached hydrogens (tertiary/aromatic N) is 1. The van der Waals surface area contributed by atoms with Crippen LogP contribution in [0.1, 0.15) is 48.4 Å². The summed E-state index contributed by atoms with van der Waals surface area (Å²) in [4.78, 5) is 15.1. The Labute approximate surface area is 130 Å². The summed E-state index contributed by atoms with van der Waals surface area (Å²) in [6.45, 7) is 1.31. The van der Waals surface area contributed by atoms with E-state index in [0.717, 1.165) is 13.0 Å². The van der Waals surface area contributed by atoms with Crippen molar-refractivity contribution in [2.45, 2.75) is 38.6 Å². The summed E-state index contributed by atoms with van der Waals surface area (Å²) in [7, 11) is 1.73. The number of rotatable bonds is 6. The molecule has 2 rings (SSSR count). The van der Waals surface area contributed by atoms with Crippen LogP contribution < -0.4 is 16.4 Å². The van der Waals surface area contributed by atoms with Crippen molar-refractivity contribution in [3.8, 4) is 0 Å². The van der Waals surface area contributed by atoms with Crippen molar-refractivity contribution in [3.05, 3.63) is 35.3 Å². The molecule has 1 amide bonds. The maximum atomic E-state index is 11.0. The Balaban J connectivity index is 1.72. The van der Waals surface area contributed by atoms with Crippen molar-refractivity contribution in [2.24, 2.45) is 10.7 Å². The van der Waals surface area contributed by atoms with E-state index in [1.54, 1.807) is 19.2 Å². The lowest BCUT2D eigenvalue weighted by atomic mass is 9.97. The molecule has 6 heteroatoms. The summed E-state index contributed by atoms with van der Waals surface area (Å²) < 4.78 is 5.31. The van der Waals surface area contributed by atoms with Crippen LogP contribution in [0.15, 0.2) is 33.2 Å². The van der Waals surface area contributed by atoms with Crippen molar-refractivity contribution >= 4 is 11.9 Å². The highest BCUT2D eigenvalue weighted by atomic mass is 16.3. The molecule has 0 fully saturated rings. The molecule has 0 atom stereocenters. The molecule has 6 nitrogen and oxygen atoms in total. The van der Waals surface area contributed by atoms with Gasteiger partial charge in [-0.3, -0.25) is 9.79 Å². The van der Waals surface area contributed by atoms with E-state index >= 15 is 0 Å². The molecule has 0 aliphatic heterocycles. The molecule has 1 heterocycles. The zero-order chi connectivity index (χ0) is 15.8. The van der Waals surface area contributed by atoms with Crippen LogP contribution in [0.2, 0.25) is 0 Å². The van der Waals surface area contributed by atoms with Crippen molar-refractivity contribution < 1.29 is 9.21 Å². The van der Waals surface area contributed by atoms with Gasteiger partial charge in [0.1, 0.15) is 5.76 Å². The fourth-order valence-electron chi connectivity index (χ4n) is 2.47. The number of nitrogens with one attached hydrogen (secondary N) is 2. The van der Waals surface area contributed by atoms with Gasteiger partial charge in [-0.15, -0.1) is 0 Å². The molecule has 4 N–H and O–H groups in total. The summed E-state index contributed by atoms with van der Waals surface area (Å²) >= 11 is 0. The number of amides is 1. The van der Waals surface area contributed by atoms with E-state index in [9.17, 15) is 4.79 Å². The molecule has 120 valence electrons. The molecular weight excluding hydrogens is 280 g/mol. The van der Waals surface area contributed by atoms with Gasteiger partial charge in [-0.1, -0.05) is 11.6 Å². The second kappa shape index (κ2) is 8.26. The van der Waals surface area contributed by atoms with Gasteiger partial charge in [-0.05, 0) is 44.2 Å². The van der Waals surface area contributed by atoms with Crippen molar-refractivity contribution in [3.63, 3.8) is 0 Å². The third-order valence-corrected chi connectivity index (χ3v) is 3.68. The second-order valence-electron chi connectivity index (χ2n) is 5.34. The summed E-state index contributed by atoms with van der Waals surface area (Å²) in [5.74, 6) is 0.971. The lowest BCUT2D eigenvalue weighted by Crippen LogP contribution is -2.37. The fourth-order valence-corrected chi connectivity index (χ4v) is 2.47. The van der Waals surface area contributed by atoms with E-state index in [4.69, 9.17) is 10.2 Å². The highest BCUT2D eigenvalue weighted by molar-refractivity contribution is 5.89. The summed E-state index contributed by atoms with van der Waals surface area (Å²) in [5, 5.41) is 6.43. The van der Waals surface area contributed by atoms with Gasteiger partial charge in [0.15, 0.2) is 11.7 Å². The van der Waals surface area contributed by atoms with E-state index in [1.165, 1.54) is 31.3 Å². The van der Waals surface area contributed by atoms with Gasteiger partial charge < -0.3 is 20.8 Å². The maximum Gasteiger partial charge on any atom is 0.284 e. The summed E-state index contributed by atoms with van der Waals surface area (Å²) in [6.07, 6.45) is 8.46. The number of nitrogens with two attached hydrogens (primary N) is 1. The first-order chi connectivity index (χ1) is 10.7. The SMILES string of the molecule is CN=C(NCCC1=CCCCC1)NCc1ccc(C(N)=O)o1. The van der Waals surface area contributed by atoms with Gasteiger partial charge in [0.05, 0.1) is 6.54 Å². The second-order valence-corrected chi connectivity index (χ2v) is 5.34. The highest BCUT2D eigenvalue weighted by Crippen LogP contribution is 2.19. The van der Waals surface area contributed by atoms with Gasteiger partial charge in [0.2, 0.25) is 0 Å². The zero-order valence-corrected chi connectivity index (χ0v) is 13.0. The molecular formula is C16H24N4O2. The minimum absolute atomic E-state index is 0.170. The molecule has 1 aromatic rings. The Hall–Kier alpha value is -2.24. The molecule has 0 aromatic carbocycles. The van der Waals surface area contributed by atoms with Crippen LogP contribution in [-0.2, 0) is 6.54 Å². The Bertz CT molecular complexity index is 560. The van der Waals surface area contributed by atoms with Crippen LogP contribution in [0.3, 0.4) is 0 Å². The number of primary amides is 1. The molecule has 1 aromatic heterocycles. The number of aliphatic imine (C=N–C) groups is 1.